The highest BCUT2D eigenvalue weighted by atomic mass is 19.4. The van der Waals surface area contributed by atoms with Gasteiger partial charge in [0.05, 0.1) is 11.1 Å². The molecule has 0 atom stereocenters. The molecule has 0 radical (unpaired) electrons. The number of alkyl halides is 3. The molecule has 0 unspecified atom stereocenters. The van der Waals surface area contributed by atoms with Crippen LogP contribution < -0.4 is 4.74 Å². The van der Waals surface area contributed by atoms with Crippen molar-refractivity contribution < 1.29 is 27.8 Å². The van der Waals surface area contributed by atoms with Crippen LogP contribution in [0.1, 0.15) is 15.9 Å². The second-order valence-electron chi connectivity index (χ2n) is 3.03. The number of nitrogens with zero attached hydrogens (tertiary/aromatic N) is 1. The molecule has 0 fully saturated rings. The molecule has 1 aromatic rings. The van der Waals surface area contributed by atoms with Gasteiger partial charge in [0, 0.05) is 0 Å². The molecule has 0 heterocycles. The van der Waals surface area contributed by atoms with E-state index in [1.807, 2.05) is 0 Å². The summed E-state index contributed by atoms with van der Waals surface area (Å²) in [7, 11) is 0. The first kappa shape index (κ1) is 12.8. The van der Waals surface area contributed by atoms with Crippen molar-refractivity contribution in [2.24, 2.45) is 0 Å². The predicted octanol–water partition coefficient (Wildman–Crippen LogP) is 2.20. The highest BCUT2D eigenvalue weighted by Crippen LogP contribution is 2.23. The summed E-state index contributed by atoms with van der Waals surface area (Å²) in [5, 5.41) is 17.3. The third kappa shape index (κ3) is 3.68. The first-order chi connectivity index (χ1) is 7.83. The molecule has 0 aliphatic carbocycles. The zero-order chi connectivity index (χ0) is 13.1. The summed E-state index contributed by atoms with van der Waals surface area (Å²) in [5.74, 6) is -1.71. The number of hydrogen-bond donors (Lipinski definition) is 1. The predicted molar refractivity (Wildman–Crippen MR) is 49.7 cm³/mol. The number of benzene rings is 1. The third-order valence-electron chi connectivity index (χ3n) is 1.74. The molecule has 0 bridgehead atoms. The van der Waals surface area contributed by atoms with Gasteiger partial charge in [0.1, 0.15) is 11.8 Å². The molecule has 0 aliphatic rings. The molecule has 0 aliphatic heterocycles. The quantitative estimate of drug-likeness (QED) is 0.886. The summed E-state index contributed by atoms with van der Waals surface area (Å²) in [6.07, 6.45) is -4.55. The fraction of sp³-hybridized carbons (Fsp3) is 0.200. The van der Waals surface area contributed by atoms with E-state index in [0.29, 0.717) is 0 Å². The van der Waals surface area contributed by atoms with E-state index in [1.54, 1.807) is 6.07 Å². The van der Waals surface area contributed by atoms with E-state index < -0.39 is 24.5 Å². The van der Waals surface area contributed by atoms with Gasteiger partial charge in [-0.2, -0.15) is 18.4 Å². The Morgan fingerprint density at radius 1 is 1.47 bits per heavy atom. The maximum atomic E-state index is 11.9. The Hall–Kier alpha value is -2.23. The minimum atomic E-state index is -4.55. The van der Waals surface area contributed by atoms with Crippen molar-refractivity contribution >= 4 is 5.97 Å². The topological polar surface area (TPSA) is 70.3 Å². The number of aromatic carboxylic acids is 1. The molecule has 4 nitrogen and oxygen atoms in total. The molecule has 1 aromatic carbocycles. The Morgan fingerprint density at radius 2 is 2.12 bits per heavy atom. The van der Waals surface area contributed by atoms with Crippen molar-refractivity contribution in [1.29, 1.82) is 5.26 Å². The van der Waals surface area contributed by atoms with E-state index in [9.17, 15) is 18.0 Å². The van der Waals surface area contributed by atoms with Gasteiger partial charge in [-0.3, -0.25) is 0 Å². The molecule has 90 valence electrons. The van der Waals surface area contributed by atoms with Gasteiger partial charge in [0.25, 0.3) is 0 Å². The van der Waals surface area contributed by atoms with Crippen molar-refractivity contribution in [2.75, 3.05) is 6.61 Å². The van der Waals surface area contributed by atoms with Crippen LogP contribution >= 0.6 is 0 Å². The zero-order valence-electron chi connectivity index (χ0n) is 8.28. The summed E-state index contributed by atoms with van der Waals surface area (Å²) >= 11 is 0. The molecule has 0 spiro atoms. The molecular formula is C10H6F3NO3. The maximum Gasteiger partial charge on any atom is 0.422 e. The highest BCUT2D eigenvalue weighted by Gasteiger charge is 2.29. The lowest BCUT2D eigenvalue weighted by molar-refractivity contribution is -0.153. The monoisotopic (exact) mass is 245 g/mol. The van der Waals surface area contributed by atoms with Crippen LogP contribution in [0.2, 0.25) is 0 Å². The minimum absolute atomic E-state index is 0.153. The van der Waals surface area contributed by atoms with Crippen LogP contribution in [-0.2, 0) is 0 Å². The van der Waals surface area contributed by atoms with Gasteiger partial charge in [-0.05, 0) is 18.2 Å². The average molecular weight is 245 g/mol. The van der Waals surface area contributed by atoms with Crippen molar-refractivity contribution in [1.82, 2.24) is 0 Å². The summed E-state index contributed by atoms with van der Waals surface area (Å²) < 4.78 is 40.1. The van der Waals surface area contributed by atoms with Crippen LogP contribution in [0, 0.1) is 11.3 Å². The number of carboxylic acids is 1. The van der Waals surface area contributed by atoms with Crippen molar-refractivity contribution in [2.45, 2.75) is 6.18 Å². The van der Waals surface area contributed by atoms with Gasteiger partial charge >= 0.3 is 12.1 Å². The van der Waals surface area contributed by atoms with Crippen molar-refractivity contribution in [3.8, 4) is 11.8 Å². The fourth-order valence-electron chi connectivity index (χ4n) is 1.03. The van der Waals surface area contributed by atoms with E-state index in [0.717, 1.165) is 18.2 Å². The summed E-state index contributed by atoms with van der Waals surface area (Å²) in [6, 6.07) is 4.70. The second kappa shape index (κ2) is 4.74. The van der Waals surface area contributed by atoms with Crippen molar-refractivity contribution in [3.63, 3.8) is 0 Å². The van der Waals surface area contributed by atoms with Gasteiger partial charge < -0.3 is 9.84 Å². The van der Waals surface area contributed by atoms with E-state index >= 15 is 0 Å². The molecule has 0 amide bonds. The van der Waals surface area contributed by atoms with E-state index in [1.165, 1.54) is 0 Å². The molecule has 0 saturated carbocycles. The number of halogens is 3. The van der Waals surface area contributed by atoms with E-state index in [4.69, 9.17) is 10.4 Å². The summed E-state index contributed by atoms with van der Waals surface area (Å²) in [4.78, 5) is 10.6. The molecule has 7 heteroatoms. The molecular weight excluding hydrogens is 239 g/mol. The Bertz CT molecular complexity index is 477. The van der Waals surface area contributed by atoms with Crippen LogP contribution in [0.5, 0.6) is 5.75 Å². The Labute approximate surface area is 93.8 Å². The highest BCUT2D eigenvalue weighted by molar-refractivity contribution is 5.88. The van der Waals surface area contributed by atoms with Gasteiger partial charge in [0.15, 0.2) is 6.61 Å². The van der Waals surface area contributed by atoms with Crippen LogP contribution in [0.3, 0.4) is 0 Å². The molecule has 0 saturated heterocycles. The molecule has 0 aromatic heterocycles. The number of rotatable bonds is 3. The van der Waals surface area contributed by atoms with Gasteiger partial charge in [-0.1, -0.05) is 0 Å². The van der Waals surface area contributed by atoms with Crippen LogP contribution in [0.4, 0.5) is 13.2 Å². The molecule has 17 heavy (non-hydrogen) atoms. The van der Waals surface area contributed by atoms with E-state index in [-0.39, 0.29) is 11.1 Å². The van der Waals surface area contributed by atoms with Crippen LogP contribution in [0.15, 0.2) is 18.2 Å². The Balaban J connectivity index is 2.99. The molecule has 1 N–H and O–H groups in total. The van der Waals surface area contributed by atoms with Crippen LogP contribution in [-0.4, -0.2) is 23.9 Å². The number of carboxylic acid groups (broad SMARTS) is 1. The largest absolute Gasteiger partial charge is 0.483 e. The number of hydrogen-bond acceptors (Lipinski definition) is 3. The zero-order valence-corrected chi connectivity index (χ0v) is 8.28. The summed E-state index contributed by atoms with van der Waals surface area (Å²) in [5.41, 5.74) is -0.402. The normalized spacial score (nSPS) is 10.7. The lowest BCUT2D eigenvalue weighted by atomic mass is 10.1. The number of ether oxygens (including phenoxy) is 1. The standard InChI is InChI=1S/C10H6F3NO3/c11-10(12,13)5-17-8-3-6(9(15)16)1-2-7(8)4-14/h1-3H,5H2,(H,15,16). The number of nitriles is 1. The van der Waals surface area contributed by atoms with E-state index in [2.05, 4.69) is 4.74 Å². The Morgan fingerprint density at radius 3 is 2.59 bits per heavy atom. The number of carbonyl (C=O) groups is 1. The lowest BCUT2D eigenvalue weighted by Crippen LogP contribution is -2.19. The SMILES string of the molecule is N#Cc1ccc(C(=O)O)cc1OCC(F)(F)F. The minimum Gasteiger partial charge on any atom is -0.483 e. The second-order valence-corrected chi connectivity index (χ2v) is 3.03. The van der Waals surface area contributed by atoms with Gasteiger partial charge in [-0.25, -0.2) is 4.79 Å². The van der Waals surface area contributed by atoms with Crippen LogP contribution in [0.25, 0.3) is 0 Å². The smallest absolute Gasteiger partial charge is 0.422 e. The van der Waals surface area contributed by atoms with Crippen molar-refractivity contribution in [3.05, 3.63) is 29.3 Å². The maximum absolute atomic E-state index is 11.9. The molecule has 1 rings (SSSR count). The Kier molecular flexibility index (Phi) is 3.58. The fourth-order valence-corrected chi connectivity index (χ4v) is 1.03. The average Bonchev–Trinajstić information content (AvgIpc) is 2.24. The first-order valence-corrected chi connectivity index (χ1v) is 4.30. The first-order valence-electron chi connectivity index (χ1n) is 4.30. The summed E-state index contributed by atoms with van der Waals surface area (Å²) in [6.45, 7) is -1.58. The lowest BCUT2D eigenvalue weighted by Gasteiger charge is -2.10. The van der Waals surface area contributed by atoms with Gasteiger partial charge in [0.2, 0.25) is 0 Å². The van der Waals surface area contributed by atoms with Gasteiger partial charge in [-0.15, -0.1) is 0 Å². The third-order valence-corrected chi connectivity index (χ3v) is 1.74.